The van der Waals surface area contributed by atoms with E-state index in [1.807, 2.05) is 20.9 Å². The van der Waals surface area contributed by atoms with Gasteiger partial charge < -0.3 is 10.1 Å². The lowest BCUT2D eigenvalue weighted by molar-refractivity contribution is -0.137. The first-order chi connectivity index (χ1) is 8.34. The van der Waals surface area contributed by atoms with Crippen LogP contribution in [0.25, 0.3) is 0 Å². The number of nitrogens with one attached hydrogen (secondary N) is 1. The van der Waals surface area contributed by atoms with Crippen LogP contribution in [0.3, 0.4) is 0 Å². The minimum absolute atomic E-state index is 0.0632. The fourth-order valence-corrected chi connectivity index (χ4v) is 1.51. The first kappa shape index (κ1) is 14.8. The Labute approximate surface area is 105 Å². The maximum Gasteiger partial charge on any atom is 0.416 e. The van der Waals surface area contributed by atoms with Gasteiger partial charge in [0.05, 0.1) is 5.56 Å². The highest BCUT2D eigenvalue weighted by Gasteiger charge is 2.30. The van der Waals surface area contributed by atoms with E-state index in [-0.39, 0.29) is 12.0 Å². The third-order valence-electron chi connectivity index (χ3n) is 2.62. The molecule has 1 atom stereocenters. The number of ether oxygens (including phenoxy) is 1. The summed E-state index contributed by atoms with van der Waals surface area (Å²) in [5.41, 5.74) is -0.662. The molecule has 1 rings (SSSR count). The topological polar surface area (TPSA) is 21.3 Å². The zero-order valence-corrected chi connectivity index (χ0v) is 10.7. The molecule has 0 bridgehead atoms. The molecule has 0 aliphatic heterocycles. The largest absolute Gasteiger partial charge is 0.489 e. The van der Waals surface area contributed by atoms with Crippen LogP contribution >= 0.6 is 0 Å². The molecule has 0 saturated carbocycles. The van der Waals surface area contributed by atoms with Gasteiger partial charge in [0.2, 0.25) is 0 Å². The van der Waals surface area contributed by atoms with Gasteiger partial charge in [-0.05, 0) is 37.2 Å². The zero-order chi connectivity index (χ0) is 13.8. The molecular formula is C13H18F3NO. The Morgan fingerprint density at radius 1 is 1.17 bits per heavy atom. The van der Waals surface area contributed by atoms with E-state index in [2.05, 4.69) is 5.32 Å². The lowest BCUT2D eigenvalue weighted by Gasteiger charge is -2.22. The lowest BCUT2D eigenvalue weighted by Crippen LogP contribution is -2.33. The van der Waals surface area contributed by atoms with Crippen LogP contribution in [0, 0.1) is 5.92 Å². The summed E-state index contributed by atoms with van der Waals surface area (Å²) in [7, 11) is 1.81. The van der Waals surface area contributed by atoms with Crippen molar-refractivity contribution in [2.45, 2.75) is 26.1 Å². The molecule has 0 heterocycles. The van der Waals surface area contributed by atoms with Crippen molar-refractivity contribution in [3.63, 3.8) is 0 Å². The summed E-state index contributed by atoms with van der Waals surface area (Å²) in [6.07, 6.45) is -4.37. The van der Waals surface area contributed by atoms with Crippen LogP contribution in [0.15, 0.2) is 24.3 Å². The van der Waals surface area contributed by atoms with Gasteiger partial charge in [-0.3, -0.25) is 0 Å². The van der Waals surface area contributed by atoms with Crippen molar-refractivity contribution in [1.29, 1.82) is 0 Å². The molecule has 1 aromatic rings. The van der Waals surface area contributed by atoms with Crippen molar-refractivity contribution in [2.24, 2.45) is 5.92 Å². The Morgan fingerprint density at radius 2 is 1.72 bits per heavy atom. The lowest BCUT2D eigenvalue weighted by atomic mass is 10.1. The summed E-state index contributed by atoms with van der Waals surface area (Å²) in [6, 6.07) is 4.78. The van der Waals surface area contributed by atoms with Crippen molar-refractivity contribution in [2.75, 3.05) is 13.6 Å². The van der Waals surface area contributed by atoms with Crippen LogP contribution in [0.1, 0.15) is 19.4 Å². The maximum absolute atomic E-state index is 12.4. The minimum Gasteiger partial charge on any atom is -0.489 e. The highest BCUT2D eigenvalue weighted by atomic mass is 19.4. The zero-order valence-electron chi connectivity index (χ0n) is 10.7. The maximum atomic E-state index is 12.4. The van der Waals surface area contributed by atoms with Crippen molar-refractivity contribution in [3.05, 3.63) is 29.8 Å². The van der Waals surface area contributed by atoms with Crippen molar-refractivity contribution in [1.82, 2.24) is 5.32 Å². The van der Waals surface area contributed by atoms with E-state index in [4.69, 9.17) is 4.74 Å². The van der Waals surface area contributed by atoms with E-state index >= 15 is 0 Å². The smallest absolute Gasteiger partial charge is 0.416 e. The van der Waals surface area contributed by atoms with Gasteiger partial charge in [-0.1, -0.05) is 13.8 Å². The van der Waals surface area contributed by atoms with E-state index in [0.29, 0.717) is 12.3 Å². The summed E-state index contributed by atoms with van der Waals surface area (Å²) in [5.74, 6) is 0.733. The molecule has 0 spiro atoms. The Balaban J connectivity index is 2.73. The molecule has 5 heteroatoms. The van der Waals surface area contributed by atoms with Crippen LogP contribution in [0.5, 0.6) is 5.75 Å². The summed E-state index contributed by atoms with van der Waals surface area (Å²) in [4.78, 5) is 0. The third kappa shape index (κ3) is 4.22. The fourth-order valence-electron chi connectivity index (χ4n) is 1.51. The molecule has 0 aliphatic carbocycles. The summed E-state index contributed by atoms with van der Waals surface area (Å²) in [5, 5.41) is 3.00. The Hall–Kier alpha value is -1.23. The molecule has 0 amide bonds. The van der Waals surface area contributed by atoms with Crippen LogP contribution in [-0.4, -0.2) is 19.7 Å². The van der Waals surface area contributed by atoms with Crippen LogP contribution in [0.2, 0.25) is 0 Å². The molecule has 1 N–H and O–H groups in total. The van der Waals surface area contributed by atoms with Gasteiger partial charge in [-0.15, -0.1) is 0 Å². The second-order valence-corrected chi connectivity index (χ2v) is 4.48. The van der Waals surface area contributed by atoms with Gasteiger partial charge in [0, 0.05) is 6.54 Å². The first-order valence-electron chi connectivity index (χ1n) is 5.83. The van der Waals surface area contributed by atoms with E-state index in [1.165, 1.54) is 12.1 Å². The molecule has 2 nitrogen and oxygen atoms in total. The van der Waals surface area contributed by atoms with Gasteiger partial charge in [-0.25, -0.2) is 0 Å². The standard InChI is InChI=1S/C13H18F3NO/c1-9(2)12(8-17-3)18-11-6-4-10(5-7-11)13(14,15)16/h4-7,9,12,17H,8H2,1-3H3. The van der Waals surface area contributed by atoms with E-state index < -0.39 is 11.7 Å². The fraction of sp³-hybridized carbons (Fsp3) is 0.538. The highest BCUT2D eigenvalue weighted by Crippen LogP contribution is 2.30. The number of alkyl halides is 3. The summed E-state index contributed by atoms with van der Waals surface area (Å²) >= 11 is 0. The van der Waals surface area contributed by atoms with Gasteiger partial charge in [0.15, 0.2) is 0 Å². The number of benzene rings is 1. The molecule has 0 aliphatic rings. The summed E-state index contributed by atoms with van der Waals surface area (Å²) in [6.45, 7) is 4.66. The molecule has 0 saturated heterocycles. The van der Waals surface area contributed by atoms with E-state index in [0.717, 1.165) is 12.1 Å². The number of halogens is 3. The summed E-state index contributed by atoms with van der Waals surface area (Å²) < 4.78 is 42.8. The minimum atomic E-state index is -4.30. The number of hydrogen-bond acceptors (Lipinski definition) is 2. The van der Waals surface area contributed by atoms with E-state index in [1.54, 1.807) is 0 Å². The second-order valence-electron chi connectivity index (χ2n) is 4.48. The van der Waals surface area contributed by atoms with Crippen molar-refractivity contribution >= 4 is 0 Å². The molecule has 0 fully saturated rings. The Kier molecular flexibility index (Phi) is 5.02. The van der Waals surface area contributed by atoms with Gasteiger partial charge >= 0.3 is 6.18 Å². The first-order valence-corrected chi connectivity index (χ1v) is 5.83. The van der Waals surface area contributed by atoms with Crippen molar-refractivity contribution in [3.8, 4) is 5.75 Å². The van der Waals surface area contributed by atoms with Gasteiger partial charge in [-0.2, -0.15) is 13.2 Å². The van der Waals surface area contributed by atoms with Crippen LogP contribution < -0.4 is 10.1 Å². The molecule has 18 heavy (non-hydrogen) atoms. The van der Waals surface area contributed by atoms with Gasteiger partial charge in [0.25, 0.3) is 0 Å². The molecule has 1 unspecified atom stereocenters. The molecule has 0 aromatic heterocycles. The highest BCUT2D eigenvalue weighted by molar-refractivity contribution is 5.29. The SMILES string of the molecule is CNCC(Oc1ccc(C(F)(F)F)cc1)C(C)C. The quantitative estimate of drug-likeness (QED) is 0.877. The molecular weight excluding hydrogens is 243 g/mol. The van der Waals surface area contributed by atoms with Crippen LogP contribution in [-0.2, 0) is 6.18 Å². The van der Waals surface area contributed by atoms with Crippen molar-refractivity contribution < 1.29 is 17.9 Å². The number of likely N-dealkylation sites (N-methyl/N-ethyl adjacent to an activating group) is 1. The Morgan fingerprint density at radius 3 is 2.11 bits per heavy atom. The normalized spacial score (nSPS) is 13.7. The van der Waals surface area contributed by atoms with E-state index in [9.17, 15) is 13.2 Å². The number of rotatable bonds is 5. The van der Waals surface area contributed by atoms with Crippen LogP contribution in [0.4, 0.5) is 13.2 Å². The second kappa shape index (κ2) is 6.09. The average molecular weight is 261 g/mol. The number of hydrogen-bond donors (Lipinski definition) is 1. The monoisotopic (exact) mass is 261 g/mol. The molecule has 1 aromatic carbocycles. The molecule has 0 radical (unpaired) electrons. The van der Waals surface area contributed by atoms with Gasteiger partial charge in [0.1, 0.15) is 11.9 Å². The predicted molar refractivity (Wildman–Crippen MR) is 64.6 cm³/mol. The molecule has 102 valence electrons. The average Bonchev–Trinajstić information content (AvgIpc) is 2.28. The Bertz CT molecular complexity index is 359. The third-order valence-corrected chi connectivity index (χ3v) is 2.62. The predicted octanol–water partition coefficient (Wildman–Crippen LogP) is 3.33.